The largest absolute Gasteiger partial charge is 0.316 e. The highest BCUT2D eigenvalue weighted by Crippen LogP contribution is 2.33. The van der Waals surface area contributed by atoms with Crippen LogP contribution in [0.5, 0.6) is 0 Å². The van der Waals surface area contributed by atoms with Crippen molar-refractivity contribution in [1.29, 1.82) is 0 Å². The second-order valence-electron chi connectivity index (χ2n) is 5.99. The van der Waals surface area contributed by atoms with Gasteiger partial charge in [0.1, 0.15) is 0 Å². The quantitative estimate of drug-likeness (QED) is 0.813. The highest BCUT2D eigenvalue weighted by Gasteiger charge is 2.25. The molecule has 0 aromatic carbocycles. The summed E-state index contributed by atoms with van der Waals surface area (Å²) in [7, 11) is 0. The van der Waals surface area contributed by atoms with Crippen LogP contribution < -0.4 is 5.32 Å². The van der Waals surface area contributed by atoms with Gasteiger partial charge in [-0.2, -0.15) is 0 Å². The van der Waals surface area contributed by atoms with Crippen LogP contribution in [0.1, 0.15) is 44.5 Å². The normalized spacial score (nSPS) is 18.6. The van der Waals surface area contributed by atoms with Crippen LogP contribution in [0.3, 0.4) is 0 Å². The summed E-state index contributed by atoms with van der Waals surface area (Å²) in [5.74, 6) is 2.46. The first kappa shape index (κ1) is 14.0. The topological polar surface area (TPSA) is 24.9 Å². The van der Waals surface area contributed by atoms with Crippen molar-refractivity contribution in [3.63, 3.8) is 0 Å². The average Bonchev–Trinajstić information content (AvgIpc) is 3.00. The van der Waals surface area contributed by atoms with Crippen molar-refractivity contribution in [2.75, 3.05) is 13.1 Å². The van der Waals surface area contributed by atoms with Crippen molar-refractivity contribution in [2.45, 2.75) is 46.0 Å². The molecule has 1 atom stereocenters. The van der Waals surface area contributed by atoms with E-state index in [2.05, 4.69) is 29.5 Å². The third-order valence-corrected chi connectivity index (χ3v) is 4.75. The molecule has 0 bridgehead atoms. The maximum atomic E-state index is 4.46. The van der Waals surface area contributed by atoms with Gasteiger partial charge in [0.2, 0.25) is 0 Å². The molecule has 102 valence electrons. The molecule has 1 aliphatic rings. The lowest BCUT2D eigenvalue weighted by Gasteiger charge is -2.23. The van der Waals surface area contributed by atoms with E-state index in [4.69, 9.17) is 0 Å². The molecule has 1 unspecified atom stereocenters. The van der Waals surface area contributed by atoms with Crippen LogP contribution in [0.15, 0.2) is 11.6 Å². The molecule has 1 aliphatic carbocycles. The van der Waals surface area contributed by atoms with E-state index >= 15 is 0 Å². The van der Waals surface area contributed by atoms with E-state index in [1.165, 1.54) is 43.7 Å². The zero-order valence-corrected chi connectivity index (χ0v) is 12.5. The van der Waals surface area contributed by atoms with Gasteiger partial charge in [-0.1, -0.05) is 39.5 Å². The van der Waals surface area contributed by atoms with Gasteiger partial charge in [-0.3, -0.25) is 0 Å². The number of hydrogen-bond donors (Lipinski definition) is 1. The fourth-order valence-corrected chi connectivity index (χ4v) is 3.68. The van der Waals surface area contributed by atoms with Crippen molar-refractivity contribution in [3.8, 4) is 0 Å². The first-order chi connectivity index (χ1) is 8.75. The van der Waals surface area contributed by atoms with Crippen LogP contribution >= 0.6 is 11.3 Å². The van der Waals surface area contributed by atoms with Crippen molar-refractivity contribution < 1.29 is 0 Å². The molecule has 0 saturated heterocycles. The van der Waals surface area contributed by atoms with Crippen LogP contribution in [0.25, 0.3) is 0 Å². The van der Waals surface area contributed by atoms with Gasteiger partial charge in [0.15, 0.2) is 0 Å². The molecular weight excluding hydrogens is 240 g/mol. The van der Waals surface area contributed by atoms with E-state index in [0.717, 1.165) is 24.3 Å². The van der Waals surface area contributed by atoms with Crippen molar-refractivity contribution >= 4 is 11.3 Å². The number of aromatic nitrogens is 1. The Bertz CT molecular complexity index is 315. The molecule has 1 saturated carbocycles. The number of rotatable bonds is 7. The Morgan fingerprint density at radius 3 is 2.72 bits per heavy atom. The molecule has 1 fully saturated rings. The Morgan fingerprint density at radius 2 is 2.11 bits per heavy atom. The maximum Gasteiger partial charge on any atom is 0.0928 e. The lowest BCUT2D eigenvalue weighted by Crippen LogP contribution is -2.31. The minimum Gasteiger partial charge on any atom is -0.316 e. The fourth-order valence-electron chi connectivity index (χ4n) is 2.97. The van der Waals surface area contributed by atoms with Gasteiger partial charge in [0, 0.05) is 18.0 Å². The number of nitrogens with one attached hydrogen (secondary N) is 1. The summed E-state index contributed by atoms with van der Waals surface area (Å²) in [5.41, 5.74) is 0. The van der Waals surface area contributed by atoms with Gasteiger partial charge in [-0.15, -0.1) is 11.3 Å². The summed E-state index contributed by atoms with van der Waals surface area (Å²) in [4.78, 5) is 4.46. The Labute approximate surface area is 115 Å². The Morgan fingerprint density at radius 1 is 1.33 bits per heavy atom. The third-order valence-electron chi connectivity index (χ3n) is 3.95. The van der Waals surface area contributed by atoms with Gasteiger partial charge in [-0.25, -0.2) is 4.98 Å². The summed E-state index contributed by atoms with van der Waals surface area (Å²) >= 11 is 1.81. The Hall–Kier alpha value is -0.410. The Kier molecular flexibility index (Phi) is 5.64. The monoisotopic (exact) mass is 266 g/mol. The molecular formula is C15H26N2S. The lowest BCUT2D eigenvalue weighted by atomic mass is 9.88. The molecule has 0 radical (unpaired) electrons. The second kappa shape index (κ2) is 7.25. The van der Waals surface area contributed by atoms with E-state index in [0.29, 0.717) is 0 Å². The van der Waals surface area contributed by atoms with Crippen LogP contribution in [-0.4, -0.2) is 18.1 Å². The second-order valence-corrected chi connectivity index (χ2v) is 6.97. The molecule has 0 spiro atoms. The number of thiazole rings is 1. The van der Waals surface area contributed by atoms with E-state index in [9.17, 15) is 0 Å². The van der Waals surface area contributed by atoms with Crippen LogP contribution in [0.4, 0.5) is 0 Å². The minimum absolute atomic E-state index is 0.745. The smallest absolute Gasteiger partial charge is 0.0928 e. The fraction of sp³-hybridized carbons (Fsp3) is 0.800. The molecule has 3 heteroatoms. The Balaban J connectivity index is 1.85. The molecule has 0 amide bonds. The molecule has 1 aromatic rings. The highest BCUT2D eigenvalue weighted by molar-refractivity contribution is 7.09. The van der Waals surface area contributed by atoms with Crippen LogP contribution in [0.2, 0.25) is 0 Å². The van der Waals surface area contributed by atoms with Gasteiger partial charge >= 0.3 is 0 Å². The molecule has 1 heterocycles. The number of nitrogens with zero attached hydrogens (tertiary/aromatic N) is 1. The first-order valence-corrected chi connectivity index (χ1v) is 8.22. The number of hydrogen-bond acceptors (Lipinski definition) is 3. The molecule has 1 aromatic heterocycles. The first-order valence-electron chi connectivity index (χ1n) is 7.34. The summed E-state index contributed by atoms with van der Waals surface area (Å²) < 4.78 is 0. The highest BCUT2D eigenvalue weighted by atomic mass is 32.1. The van der Waals surface area contributed by atoms with Gasteiger partial charge < -0.3 is 5.32 Å². The minimum atomic E-state index is 0.745. The van der Waals surface area contributed by atoms with E-state index < -0.39 is 0 Å². The van der Waals surface area contributed by atoms with Crippen LogP contribution in [-0.2, 0) is 6.42 Å². The average molecular weight is 266 g/mol. The summed E-state index contributed by atoms with van der Waals surface area (Å²) in [6, 6.07) is 0. The molecule has 18 heavy (non-hydrogen) atoms. The molecule has 2 rings (SSSR count). The molecule has 0 aliphatic heterocycles. The van der Waals surface area contributed by atoms with Crippen molar-refractivity contribution in [3.05, 3.63) is 16.6 Å². The SMILES string of the molecule is CC(C)CNCC(Cc1nccs1)C1CCCC1. The van der Waals surface area contributed by atoms with Gasteiger partial charge in [-0.05, 0) is 30.8 Å². The summed E-state index contributed by atoms with van der Waals surface area (Å²) in [6.45, 7) is 6.86. The zero-order chi connectivity index (χ0) is 12.8. The van der Waals surface area contributed by atoms with E-state index in [1.807, 2.05) is 17.5 Å². The molecule has 1 N–H and O–H groups in total. The van der Waals surface area contributed by atoms with Crippen molar-refractivity contribution in [2.24, 2.45) is 17.8 Å². The predicted octanol–water partition coefficient (Wildman–Crippen LogP) is 3.74. The van der Waals surface area contributed by atoms with E-state index in [1.54, 1.807) is 0 Å². The predicted molar refractivity (Wildman–Crippen MR) is 79.0 cm³/mol. The standard InChI is InChI=1S/C15H26N2S/c1-12(2)10-16-11-14(13-5-3-4-6-13)9-15-17-7-8-18-15/h7-8,12-14,16H,3-6,9-11H2,1-2H3. The maximum absolute atomic E-state index is 4.46. The van der Waals surface area contributed by atoms with Gasteiger partial charge in [0.25, 0.3) is 0 Å². The lowest BCUT2D eigenvalue weighted by molar-refractivity contribution is 0.315. The summed E-state index contributed by atoms with van der Waals surface area (Å²) in [5, 5.41) is 7.07. The van der Waals surface area contributed by atoms with Crippen LogP contribution in [0, 0.1) is 17.8 Å². The zero-order valence-electron chi connectivity index (χ0n) is 11.7. The molecule has 2 nitrogen and oxygen atoms in total. The third kappa shape index (κ3) is 4.36. The van der Waals surface area contributed by atoms with Crippen molar-refractivity contribution in [1.82, 2.24) is 10.3 Å². The summed E-state index contributed by atoms with van der Waals surface area (Å²) in [6.07, 6.45) is 8.84. The van der Waals surface area contributed by atoms with Gasteiger partial charge in [0.05, 0.1) is 5.01 Å². The van der Waals surface area contributed by atoms with E-state index in [-0.39, 0.29) is 0 Å².